The van der Waals surface area contributed by atoms with Crippen LogP contribution in [0, 0.1) is 39.9 Å². The van der Waals surface area contributed by atoms with Crippen molar-refractivity contribution in [3.63, 3.8) is 0 Å². The van der Waals surface area contributed by atoms with Gasteiger partial charge in [-0.2, -0.15) is 4.31 Å². The Bertz CT molecular complexity index is 2620. The Kier molecular flexibility index (Phi) is 17.2. The number of amides is 2. The molecular weight excluding hydrogens is 1040 g/mol. The highest BCUT2D eigenvalue weighted by Crippen LogP contribution is 2.69. The summed E-state index contributed by atoms with van der Waals surface area (Å²) in [5.74, 6) is -0.563. The molecule has 1 saturated heterocycles. The fourth-order valence-electron chi connectivity index (χ4n) is 11.9. The monoisotopic (exact) mass is 1110 g/mol. The van der Waals surface area contributed by atoms with Crippen molar-refractivity contribution in [2.24, 2.45) is 39.9 Å². The molecule has 2 amide bonds. The van der Waals surface area contributed by atoms with Crippen LogP contribution in [0.15, 0.2) is 24.3 Å². The van der Waals surface area contributed by atoms with E-state index in [1.807, 2.05) is 6.08 Å². The van der Waals surface area contributed by atoms with E-state index in [-0.39, 0.29) is 64.5 Å². The van der Waals surface area contributed by atoms with Gasteiger partial charge in [0.15, 0.2) is 28.6 Å². The van der Waals surface area contributed by atoms with Crippen LogP contribution in [0.3, 0.4) is 0 Å². The number of allylic oxidation sites excluding steroid dienone is 1. The lowest BCUT2D eigenvalue weighted by Crippen LogP contribution is -2.57. The molecule has 0 aromatic carbocycles. The maximum atomic E-state index is 13.6. The number of nitrogen functional groups attached to an aromatic ring is 1. The fraction of sp³-hybridized carbons (Fsp3) is 0.744. The van der Waals surface area contributed by atoms with E-state index in [1.54, 1.807) is 6.92 Å². The molecule has 73 heavy (non-hydrogen) atoms. The van der Waals surface area contributed by atoms with Crippen LogP contribution in [-0.4, -0.2) is 139 Å². The number of aliphatic hydroxyl groups excluding tert-OH is 2. The SMILES string of the molecule is C[C@H](C(=O)SCCNC(=O)CCNC(=O)[C@H](O)C(C)(C)COP(=O)(O)OP(=O)(O)OC[C@H]1O[C@@H](n2cnc3c(N)ncnc32)[C@H](O)[C@@H]1OP(=O)(O)O)C1(O)CC[C@H]2[C@@H]3CCC4=CC(=O)CC[C@]4(C)[C@H]3CC[C@@]21C. The number of hydrogen-bond donors (Lipinski definition) is 10. The number of carbonyl (C=O) groups excluding carboxylic acids is 4. The number of aromatic nitrogens is 4. The van der Waals surface area contributed by atoms with Gasteiger partial charge < -0.3 is 56.0 Å². The number of thioether (sulfide) groups is 1. The Labute approximate surface area is 424 Å². The third kappa shape index (κ3) is 12.2. The van der Waals surface area contributed by atoms with Gasteiger partial charge in [0.05, 0.1) is 31.1 Å². The predicted octanol–water partition coefficient (Wildman–Crippen LogP) is 2.56. The summed E-state index contributed by atoms with van der Waals surface area (Å²) >= 11 is 1.04. The second kappa shape index (κ2) is 21.8. The van der Waals surface area contributed by atoms with Gasteiger partial charge in [-0.15, -0.1) is 0 Å². The van der Waals surface area contributed by atoms with Crippen molar-refractivity contribution in [3.8, 4) is 0 Å². The van der Waals surface area contributed by atoms with Gasteiger partial charge in [-0.3, -0.25) is 37.3 Å². The number of phosphoric ester groups is 3. The molecule has 4 aliphatic carbocycles. The number of aliphatic hydroxyl groups is 3. The average Bonchev–Trinajstić information content (AvgIpc) is 3.96. The molecule has 408 valence electrons. The highest BCUT2D eigenvalue weighted by molar-refractivity contribution is 8.13. The first kappa shape index (κ1) is 57.6. The summed E-state index contributed by atoms with van der Waals surface area (Å²) in [5, 5.41) is 38.9. The van der Waals surface area contributed by atoms with E-state index in [0.717, 1.165) is 67.5 Å². The molecule has 0 radical (unpaired) electrons. The molecule has 0 spiro atoms. The quantitative estimate of drug-likeness (QED) is 0.0634. The molecule has 26 nitrogen and oxygen atoms in total. The topological polar surface area (TPSA) is 401 Å². The van der Waals surface area contributed by atoms with Crippen molar-refractivity contribution in [2.45, 2.75) is 129 Å². The standard InChI is InChI=1S/C43H66N7O19P3S/c1-23(43(57)14-10-28-26-7-6-24-18-25(51)8-12-41(24,4)27(26)9-13-42(28,43)5)39(56)73-17-16-45-30(52)11-15-46-37(55)34(54)40(2,3)20-66-72(63,64)69-71(61,62)65-19-29-33(68-70(58,59)60)32(53)38(67-29)50-22-49-31-35(44)47-21-48-36(31)50/h18,21-23,26-29,32-34,38,53-54,57H,6-17,19-20H2,1-5H3,(H,45,52)(H,46,55)(H,61,62)(H,63,64)(H2,44,47,48)(H2,58,59,60)/t23-,26-,27+,28+,29-,32-,33-,34+,38-,41+,42+,43?/m1/s1. The van der Waals surface area contributed by atoms with Crippen molar-refractivity contribution in [1.29, 1.82) is 0 Å². The molecule has 14 atom stereocenters. The largest absolute Gasteiger partial charge is 0.481 e. The smallest absolute Gasteiger partial charge is 0.389 e. The minimum atomic E-state index is -5.61. The number of ether oxygens (including phenoxy) is 1. The molecule has 5 aliphatic rings. The third-order valence-corrected chi connectivity index (χ3v) is 20.1. The summed E-state index contributed by atoms with van der Waals surface area (Å²) < 4.78 is 62.7. The molecule has 3 heterocycles. The van der Waals surface area contributed by atoms with Crippen LogP contribution in [0.5, 0.6) is 0 Å². The van der Waals surface area contributed by atoms with E-state index in [4.69, 9.17) is 19.5 Å². The van der Waals surface area contributed by atoms with Crippen molar-refractivity contribution < 1.29 is 90.4 Å². The molecule has 4 fully saturated rings. The van der Waals surface area contributed by atoms with Crippen LogP contribution in [0.1, 0.15) is 98.6 Å². The lowest BCUT2D eigenvalue weighted by atomic mass is 9.46. The van der Waals surface area contributed by atoms with E-state index < -0.39 is 101 Å². The Morgan fingerprint density at radius 1 is 0.986 bits per heavy atom. The number of ketones is 1. The zero-order valence-electron chi connectivity index (χ0n) is 41.0. The Morgan fingerprint density at radius 2 is 1.68 bits per heavy atom. The Balaban J connectivity index is 0.811. The van der Waals surface area contributed by atoms with Crippen molar-refractivity contribution in [1.82, 2.24) is 30.2 Å². The first-order valence-electron chi connectivity index (χ1n) is 23.9. The number of imidazole rings is 1. The number of rotatable bonds is 21. The number of nitrogens with zero attached hydrogens (tertiary/aromatic N) is 4. The number of hydrogen-bond acceptors (Lipinski definition) is 20. The van der Waals surface area contributed by atoms with Gasteiger partial charge in [0.1, 0.15) is 36.3 Å². The van der Waals surface area contributed by atoms with Gasteiger partial charge in [-0.05, 0) is 74.2 Å². The number of nitrogens with two attached hydrogens (primary N) is 1. The number of phosphoric acid groups is 3. The summed E-state index contributed by atoms with van der Waals surface area (Å²) in [6.07, 6.45) is 1.25. The third-order valence-electron chi connectivity index (χ3n) is 16.0. The molecule has 2 aromatic rings. The summed E-state index contributed by atoms with van der Waals surface area (Å²) in [6, 6.07) is 0. The average molecular weight is 1110 g/mol. The molecule has 7 rings (SSSR count). The van der Waals surface area contributed by atoms with Gasteiger partial charge in [0, 0.05) is 42.5 Å². The van der Waals surface area contributed by atoms with Crippen LogP contribution in [0.25, 0.3) is 11.2 Å². The first-order valence-corrected chi connectivity index (χ1v) is 29.4. The fourth-order valence-corrected chi connectivity index (χ4v) is 15.6. The predicted molar refractivity (Wildman–Crippen MR) is 258 cm³/mol. The van der Waals surface area contributed by atoms with Gasteiger partial charge in [0.25, 0.3) is 0 Å². The summed E-state index contributed by atoms with van der Waals surface area (Å²) in [7, 11) is -16.5. The molecule has 3 unspecified atom stereocenters. The first-order chi connectivity index (χ1) is 33.9. The minimum Gasteiger partial charge on any atom is -0.389 e. The van der Waals surface area contributed by atoms with Crippen LogP contribution < -0.4 is 16.4 Å². The highest BCUT2D eigenvalue weighted by Gasteiger charge is 2.66. The molecule has 30 heteroatoms. The number of carbonyl (C=O) groups is 4. The maximum absolute atomic E-state index is 13.6. The minimum absolute atomic E-state index is 0.00130. The highest BCUT2D eigenvalue weighted by atomic mass is 32.2. The molecule has 0 bridgehead atoms. The van der Waals surface area contributed by atoms with Gasteiger partial charge >= 0.3 is 23.5 Å². The maximum Gasteiger partial charge on any atom is 0.481 e. The second-order valence-corrected chi connectivity index (χ2v) is 26.2. The number of nitrogens with one attached hydrogen (secondary N) is 2. The zero-order chi connectivity index (χ0) is 53.7. The van der Waals surface area contributed by atoms with Crippen LogP contribution in [-0.2, 0) is 55.5 Å². The van der Waals surface area contributed by atoms with Crippen molar-refractivity contribution >= 4 is 74.9 Å². The van der Waals surface area contributed by atoms with E-state index >= 15 is 0 Å². The normalized spacial score (nSPS) is 32.8. The van der Waals surface area contributed by atoms with Crippen LogP contribution in [0.4, 0.5) is 5.82 Å². The van der Waals surface area contributed by atoms with Gasteiger partial charge in [0.2, 0.25) is 11.8 Å². The van der Waals surface area contributed by atoms with Crippen LogP contribution >= 0.6 is 35.2 Å². The zero-order valence-corrected chi connectivity index (χ0v) is 44.5. The second-order valence-electron chi connectivity index (χ2n) is 20.8. The molecule has 3 saturated carbocycles. The lowest BCUT2D eigenvalue weighted by Gasteiger charge is -2.59. The number of fused-ring (bicyclic) bond motifs is 6. The lowest BCUT2D eigenvalue weighted by molar-refractivity contribution is -0.158. The van der Waals surface area contributed by atoms with E-state index in [0.29, 0.717) is 24.7 Å². The Morgan fingerprint density at radius 3 is 2.40 bits per heavy atom. The van der Waals surface area contributed by atoms with E-state index in [1.165, 1.54) is 19.4 Å². The molecule has 2 aromatic heterocycles. The Hall–Kier alpha value is -3.07. The van der Waals surface area contributed by atoms with E-state index in [2.05, 4.69) is 48.3 Å². The number of anilines is 1. The molecule has 1 aliphatic heterocycles. The van der Waals surface area contributed by atoms with Crippen molar-refractivity contribution in [2.75, 3.05) is 37.8 Å². The van der Waals surface area contributed by atoms with Crippen LogP contribution in [0.2, 0.25) is 0 Å². The summed E-state index contributed by atoms with van der Waals surface area (Å²) in [4.78, 5) is 103. The van der Waals surface area contributed by atoms with Gasteiger partial charge in [-0.25, -0.2) is 28.6 Å². The molecule has 11 N–H and O–H groups in total. The summed E-state index contributed by atoms with van der Waals surface area (Å²) in [5.41, 5.74) is 3.91. The summed E-state index contributed by atoms with van der Waals surface area (Å²) in [6.45, 7) is 6.59. The molecular formula is C43H66N7O19P3S. The van der Waals surface area contributed by atoms with E-state index in [9.17, 15) is 67.8 Å². The van der Waals surface area contributed by atoms with Crippen molar-refractivity contribution in [3.05, 3.63) is 24.3 Å². The van der Waals surface area contributed by atoms with Gasteiger partial charge in [-0.1, -0.05) is 52.0 Å².